The lowest BCUT2D eigenvalue weighted by molar-refractivity contribution is -0.132. The number of benzene rings is 2. The second kappa shape index (κ2) is 8.50. The lowest BCUT2D eigenvalue weighted by Crippen LogP contribution is -2.34. The molecule has 0 radical (unpaired) electrons. The average Bonchev–Trinajstić information content (AvgIpc) is 2.61. The van der Waals surface area contributed by atoms with Gasteiger partial charge in [-0.1, -0.05) is 11.6 Å². The maximum atomic E-state index is 12.4. The summed E-state index contributed by atoms with van der Waals surface area (Å²) in [6.45, 7) is 5.17. The Morgan fingerprint density at radius 3 is 1.92 bits per heavy atom. The Kier molecular flexibility index (Phi) is 6.38. The molecule has 1 amide bonds. The van der Waals surface area contributed by atoms with E-state index in [1.165, 1.54) is 0 Å². The van der Waals surface area contributed by atoms with Crippen LogP contribution in [0.4, 0.5) is 0 Å². The number of nitrogens with zero attached hydrogens (tertiary/aromatic N) is 1. The number of carbonyl (C=O) groups is 2. The topological polar surface area (TPSA) is 46.6 Å². The maximum Gasteiger partial charge on any atom is 0.260 e. The van der Waals surface area contributed by atoms with E-state index in [-0.39, 0.29) is 18.3 Å². The van der Waals surface area contributed by atoms with E-state index in [1.54, 1.807) is 53.4 Å². The fraction of sp³-hybridized carbons (Fsp3) is 0.263. The van der Waals surface area contributed by atoms with E-state index in [9.17, 15) is 9.59 Å². The second-order valence-corrected chi connectivity index (χ2v) is 5.65. The Labute approximate surface area is 147 Å². The fourth-order valence-corrected chi connectivity index (χ4v) is 2.41. The predicted octanol–water partition coefficient (Wildman–Crippen LogP) is 3.82. The minimum atomic E-state index is -0.0857. The lowest BCUT2D eigenvalue weighted by atomic mass is 10.0. The van der Waals surface area contributed by atoms with E-state index in [1.807, 2.05) is 13.8 Å². The summed E-state index contributed by atoms with van der Waals surface area (Å²) >= 11 is 5.83. The third-order valence-corrected chi connectivity index (χ3v) is 3.95. The van der Waals surface area contributed by atoms with Gasteiger partial charge < -0.3 is 9.64 Å². The van der Waals surface area contributed by atoms with Crippen LogP contribution < -0.4 is 4.74 Å². The van der Waals surface area contributed by atoms with Crippen LogP contribution in [0, 0.1) is 0 Å². The molecule has 0 saturated carbocycles. The molecule has 2 rings (SSSR count). The number of likely N-dealkylation sites (N-methyl/N-ethyl adjacent to an activating group) is 1. The first-order chi connectivity index (χ1) is 11.5. The van der Waals surface area contributed by atoms with Crippen LogP contribution in [0.5, 0.6) is 5.75 Å². The van der Waals surface area contributed by atoms with Crippen molar-refractivity contribution in [3.63, 3.8) is 0 Å². The molecule has 0 aliphatic rings. The monoisotopic (exact) mass is 345 g/mol. The maximum absolute atomic E-state index is 12.4. The zero-order valence-electron chi connectivity index (χ0n) is 13.8. The molecule has 0 unspecified atom stereocenters. The van der Waals surface area contributed by atoms with Crippen molar-refractivity contribution in [1.82, 2.24) is 4.90 Å². The molecule has 2 aromatic rings. The number of ketones is 1. The highest BCUT2D eigenvalue weighted by Crippen LogP contribution is 2.17. The van der Waals surface area contributed by atoms with Crippen molar-refractivity contribution in [2.24, 2.45) is 0 Å². The van der Waals surface area contributed by atoms with Gasteiger partial charge >= 0.3 is 0 Å². The van der Waals surface area contributed by atoms with Crippen LogP contribution >= 0.6 is 11.6 Å². The zero-order valence-corrected chi connectivity index (χ0v) is 14.5. The van der Waals surface area contributed by atoms with Gasteiger partial charge in [-0.2, -0.15) is 0 Å². The summed E-state index contributed by atoms with van der Waals surface area (Å²) < 4.78 is 5.49. The molecule has 4 nitrogen and oxygen atoms in total. The predicted molar refractivity (Wildman–Crippen MR) is 94.7 cm³/mol. The fourth-order valence-electron chi connectivity index (χ4n) is 2.28. The van der Waals surface area contributed by atoms with Gasteiger partial charge in [-0.25, -0.2) is 0 Å². The van der Waals surface area contributed by atoms with E-state index in [0.29, 0.717) is 35.0 Å². The molecule has 24 heavy (non-hydrogen) atoms. The summed E-state index contributed by atoms with van der Waals surface area (Å²) in [5, 5.41) is 0.591. The lowest BCUT2D eigenvalue weighted by Gasteiger charge is -2.18. The van der Waals surface area contributed by atoms with Gasteiger partial charge in [0, 0.05) is 29.2 Å². The van der Waals surface area contributed by atoms with E-state index in [2.05, 4.69) is 0 Å². The summed E-state index contributed by atoms with van der Waals surface area (Å²) in [5.74, 6) is 0.418. The van der Waals surface area contributed by atoms with Gasteiger partial charge in [-0.05, 0) is 62.4 Å². The zero-order chi connectivity index (χ0) is 17.5. The van der Waals surface area contributed by atoms with Crippen LogP contribution in [0.1, 0.15) is 29.8 Å². The van der Waals surface area contributed by atoms with Gasteiger partial charge in [0.05, 0.1) is 0 Å². The van der Waals surface area contributed by atoms with Crippen molar-refractivity contribution in [1.29, 1.82) is 0 Å². The molecule has 5 heteroatoms. The molecule has 0 N–H and O–H groups in total. The van der Waals surface area contributed by atoms with E-state index in [4.69, 9.17) is 16.3 Å². The first-order valence-electron chi connectivity index (χ1n) is 7.86. The Balaban J connectivity index is 1.99. The minimum Gasteiger partial charge on any atom is -0.484 e. The van der Waals surface area contributed by atoms with Crippen molar-refractivity contribution >= 4 is 23.3 Å². The minimum absolute atomic E-state index is 0.00778. The van der Waals surface area contributed by atoms with Crippen LogP contribution in [0.25, 0.3) is 0 Å². The third-order valence-electron chi connectivity index (χ3n) is 3.70. The molecular weight excluding hydrogens is 326 g/mol. The second-order valence-electron chi connectivity index (χ2n) is 5.22. The standard InChI is InChI=1S/C19H20ClNO3/c1-3-21(4-2)18(22)13-24-17-11-7-15(8-12-17)19(23)14-5-9-16(20)10-6-14/h5-12H,3-4,13H2,1-2H3. The number of halogens is 1. The summed E-state index contributed by atoms with van der Waals surface area (Å²) in [6, 6.07) is 13.5. The number of ether oxygens (including phenoxy) is 1. The number of hydrogen-bond acceptors (Lipinski definition) is 3. The van der Waals surface area contributed by atoms with Gasteiger partial charge in [0.25, 0.3) is 5.91 Å². The summed E-state index contributed by atoms with van der Waals surface area (Å²) in [5.41, 5.74) is 1.13. The van der Waals surface area contributed by atoms with Crippen molar-refractivity contribution in [3.8, 4) is 5.75 Å². The Morgan fingerprint density at radius 1 is 0.917 bits per heavy atom. The van der Waals surface area contributed by atoms with Gasteiger partial charge in [0.15, 0.2) is 12.4 Å². The van der Waals surface area contributed by atoms with Crippen molar-refractivity contribution < 1.29 is 14.3 Å². The van der Waals surface area contributed by atoms with Crippen molar-refractivity contribution in [2.75, 3.05) is 19.7 Å². The summed E-state index contributed by atoms with van der Waals surface area (Å²) in [4.78, 5) is 26.0. The van der Waals surface area contributed by atoms with Crippen LogP contribution in [0.15, 0.2) is 48.5 Å². The molecular formula is C19H20ClNO3. The number of hydrogen-bond donors (Lipinski definition) is 0. The Morgan fingerprint density at radius 2 is 1.42 bits per heavy atom. The smallest absolute Gasteiger partial charge is 0.260 e. The molecule has 0 aromatic heterocycles. The molecule has 0 heterocycles. The summed E-state index contributed by atoms with van der Waals surface area (Å²) in [6.07, 6.45) is 0. The molecule has 0 saturated heterocycles. The van der Waals surface area contributed by atoms with Gasteiger partial charge in [0.2, 0.25) is 0 Å². The van der Waals surface area contributed by atoms with E-state index < -0.39 is 0 Å². The first kappa shape index (κ1) is 18.0. The highest BCUT2D eigenvalue weighted by atomic mass is 35.5. The Bertz CT molecular complexity index is 692. The molecule has 0 aliphatic heterocycles. The van der Waals surface area contributed by atoms with Crippen LogP contribution in [0.3, 0.4) is 0 Å². The highest BCUT2D eigenvalue weighted by Gasteiger charge is 2.11. The molecule has 0 atom stereocenters. The van der Waals surface area contributed by atoms with Crippen LogP contribution in [-0.4, -0.2) is 36.3 Å². The highest BCUT2D eigenvalue weighted by molar-refractivity contribution is 6.30. The van der Waals surface area contributed by atoms with Crippen molar-refractivity contribution in [2.45, 2.75) is 13.8 Å². The molecule has 0 fully saturated rings. The average molecular weight is 346 g/mol. The van der Waals surface area contributed by atoms with Crippen LogP contribution in [-0.2, 0) is 4.79 Å². The first-order valence-corrected chi connectivity index (χ1v) is 8.23. The van der Waals surface area contributed by atoms with Crippen molar-refractivity contribution in [3.05, 3.63) is 64.7 Å². The van der Waals surface area contributed by atoms with E-state index in [0.717, 1.165) is 0 Å². The van der Waals surface area contributed by atoms with E-state index >= 15 is 0 Å². The molecule has 0 aliphatic carbocycles. The SMILES string of the molecule is CCN(CC)C(=O)COc1ccc(C(=O)c2ccc(Cl)cc2)cc1. The molecule has 0 spiro atoms. The normalized spacial score (nSPS) is 10.3. The number of carbonyl (C=O) groups excluding carboxylic acids is 2. The third kappa shape index (κ3) is 4.59. The molecule has 126 valence electrons. The molecule has 0 bridgehead atoms. The van der Waals surface area contributed by atoms with Gasteiger partial charge in [0.1, 0.15) is 5.75 Å². The largest absolute Gasteiger partial charge is 0.484 e. The quantitative estimate of drug-likeness (QED) is 0.717. The van der Waals surface area contributed by atoms with Crippen LogP contribution in [0.2, 0.25) is 5.02 Å². The Hall–Kier alpha value is -2.33. The summed E-state index contributed by atoms with van der Waals surface area (Å²) in [7, 11) is 0. The van der Waals surface area contributed by atoms with Gasteiger partial charge in [-0.3, -0.25) is 9.59 Å². The number of amides is 1. The molecule has 2 aromatic carbocycles. The number of rotatable bonds is 7. The van der Waals surface area contributed by atoms with Gasteiger partial charge in [-0.15, -0.1) is 0 Å².